The van der Waals surface area contributed by atoms with Crippen LogP contribution in [0.2, 0.25) is 0 Å². The van der Waals surface area contributed by atoms with Crippen LogP contribution in [0.4, 0.5) is 4.79 Å². The van der Waals surface area contributed by atoms with Gasteiger partial charge in [0.05, 0.1) is 0 Å². The van der Waals surface area contributed by atoms with Gasteiger partial charge in [-0.2, -0.15) is 0 Å². The highest BCUT2D eigenvalue weighted by Gasteiger charge is 2.28. The molecule has 1 amide bonds. The Morgan fingerprint density at radius 1 is 0.909 bits per heavy atom. The highest BCUT2D eigenvalue weighted by Crippen LogP contribution is 2.44. The van der Waals surface area contributed by atoms with Gasteiger partial charge in [-0.15, -0.1) is 0 Å². The number of rotatable bonds is 9. The maximum atomic E-state index is 12.2. The molecule has 0 saturated heterocycles. The Morgan fingerprint density at radius 3 is 2.18 bits per heavy atom. The minimum Gasteiger partial charge on any atom is -0.481 e. The van der Waals surface area contributed by atoms with Crippen LogP contribution >= 0.6 is 0 Å². The smallest absolute Gasteiger partial charge is 0.407 e. The summed E-state index contributed by atoms with van der Waals surface area (Å²) < 4.78 is 5.54. The Morgan fingerprint density at radius 2 is 1.55 bits per heavy atom. The van der Waals surface area contributed by atoms with E-state index in [0.29, 0.717) is 19.6 Å². The van der Waals surface area contributed by atoms with Gasteiger partial charge in [0.2, 0.25) is 0 Å². The Kier molecular flexibility index (Phi) is 7.20. The Labute approximate surface area is 193 Å². The van der Waals surface area contributed by atoms with Gasteiger partial charge in [-0.3, -0.25) is 4.79 Å². The minimum atomic E-state index is -0.765. The number of hydrogen-bond acceptors (Lipinski definition) is 3. The lowest BCUT2D eigenvalue weighted by atomic mass is 9.98. The highest BCUT2D eigenvalue weighted by molar-refractivity contribution is 5.79. The summed E-state index contributed by atoms with van der Waals surface area (Å²) in [5.41, 5.74) is 6.93. The molecule has 33 heavy (non-hydrogen) atoms. The monoisotopic (exact) mass is 441 g/mol. The number of nitrogens with one attached hydrogen (secondary N) is 1. The van der Waals surface area contributed by atoms with Crippen LogP contribution < -0.4 is 5.32 Å². The normalized spacial score (nSPS) is 12.4. The number of carboxylic acids is 1. The second-order valence-electron chi connectivity index (χ2n) is 8.10. The van der Waals surface area contributed by atoms with Gasteiger partial charge in [0.25, 0.3) is 0 Å². The Balaban J connectivity index is 1.23. The van der Waals surface area contributed by atoms with Crippen LogP contribution in [-0.2, 0) is 16.0 Å². The van der Waals surface area contributed by atoms with Crippen molar-refractivity contribution >= 4 is 18.1 Å². The maximum absolute atomic E-state index is 12.2. The second-order valence-corrected chi connectivity index (χ2v) is 8.10. The lowest BCUT2D eigenvalue weighted by Crippen LogP contribution is -2.26. The van der Waals surface area contributed by atoms with Crippen LogP contribution in [0.25, 0.3) is 17.2 Å². The second kappa shape index (κ2) is 10.6. The number of carbonyl (C=O) groups excluding carboxylic acids is 1. The zero-order chi connectivity index (χ0) is 23.0. The molecule has 5 nitrogen and oxygen atoms in total. The molecule has 4 rings (SSSR count). The number of aliphatic carboxylic acids is 1. The summed E-state index contributed by atoms with van der Waals surface area (Å²) in [5, 5.41) is 11.5. The van der Waals surface area contributed by atoms with Gasteiger partial charge in [-0.1, -0.05) is 84.9 Å². The van der Waals surface area contributed by atoms with Crippen molar-refractivity contribution in [1.82, 2.24) is 5.32 Å². The van der Waals surface area contributed by atoms with E-state index in [9.17, 15) is 9.59 Å². The fourth-order valence-corrected chi connectivity index (χ4v) is 4.23. The molecule has 0 unspecified atom stereocenters. The molecule has 5 heteroatoms. The first-order chi connectivity index (χ1) is 16.1. The van der Waals surface area contributed by atoms with Gasteiger partial charge in [0, 0.05) is 18.9 Å². The van der Waals surface area contributed by atoms with E-state index < -0.39 is 12.1 Å². The highest BCUT2D eigenvalue weighted by atomic mass is 16.5. The molecule has 0 atom stereocenters. The van der Waals surface area contributed by atoms with Crippen LogP contribution in [0.5, 0.6) is 0 Å². The molecule has 0 aromatic heterocycles. The average Bonchev–Trinajstić information content (AvgIpc) is 3.15. The molecule has 0 bridgehead atoms. The molecule has 2 N–H and O–H groups in total. The molecule has 0 saturated carbocycles. The maximum Gasteiger partial charge on any atom is 0.407 e. The van der Waals surface area contributed by atoms with Crippen molar-refractivity contribution in [2.75, 3.05) is 13.2 Å². The van der Waals surface area contributed by atoms with Gasteiger partial charge in [0.1, 0.15) is 6.61 Å². The largest absolute Gasteiger partial charge is 0.481 e. The molecule has 1 aliphatic carbocycles. The van der Waals surface area contributed by atoms with Gasteiger partial charge in [-0.25, -0.2) is 4.79 Å². The number of alkyl carbamates (subject to hydrolysis) is 1. The molecule has 0 aliphatic heterocycles. The molecule has 0 radical (unpaired) electrons. The molecule has 0 heterocycles. The number of amides is 1. The first-order valence-electron chi connectivity index (χ1n) is 11.2. The molecule has 168 valence electrons. The van der Waals surface area contributed by atoms with E-state index in [1.165, 1.54) is 22.3 Å². The van der Waals surface area contributed by atoms with Crippen LogP contribution in [0, 0.1) is 0 Å². The topological polar surface area (TPSA) is 75.6 Å². The molecule has 0 spiro atoms. The van der Waals surface area contributed by atoms with E-state index in [0.717, 1.165) is 17.5 Å². The number of carboxylic acid groups (broad SMARTS) is 1. The number of benzene rings is 3. The first kappa shape index (κ1) is 22.3. The third kappa shape index (κ3) is 5.69. The van der Waals surface area contributed by atoms with E-state index in [1.807, 2.05) is 60.7 Å². The van der Waals surface area contributed by atoms with Crippen molar-refractivity contribution in [3.05, 3.63) is 101 Å². The lowest BCUT2D eigenvalue weighted by molar-refractivity contribution is -0.137. The number of carbonyl (C=O) groups is 2. The number of aryl methyl sites for hydroxylation is 1. The predicted octanol–water partition coefficient (Wildman–Crippen LogP) is 5.65. The summed E-state index contributed by atoms with van der Waals surface area (Å²) in [7, 11) is 0. The number of hydrogen-bond donors (Lipinski definition) is 2. The zero-order valence-electron chi connectivity index (χ0n) is 18.4. The van der Waals surface area contributed by atoms with Crippen molar-refractivity contribution in [3.8, 4) is 11.1 Å². The molecule has 0 fully saturated rings. The minimum absolute atomic E-state index is 0.0488. The van der Waals surface area contributed by atoms with Crippen molar-refractivity contribution < 1.29 is 19.4 Å². The van der Waals surface area contributed by atoms with Crippen molar-refractivity contribution in [3.63, 3.8) is 0 Å². The zero-order valence-corrected chi connectivity index (χ0v) is 18.4. The van der Waals surface area contributed by atoms with Gasteiger partial charge in [0.15, 0.2) is 0 Å². The summed E-state index contributed by atoms with van der Waals surface area (Å²) in [4.78, 5) is 22.8. The van der Waals surface area contributed by atoms with Crippen LogP contribution in [-0.4, -0.2) is 30.3 Å². The van der Waals surface area contributed by atoms with Gasteiger partial charge < -0.3 is 15.2 Å². The third-order valence-electron chi connectivity index (χ3n) is 5.85. The SMILES string of the molecule is O=C(O)CCCc1ccc(C=CCNC(=O)OCC2c3ccccc3-c3ccccc32)cc1. The molecule has 1 aliphatic rings. The fourth-order valence-electron chi connectivity index (χ4n) is 4.23. The summed E-state index contributed by atoms with van der Waals surface area (Å²) >= 11 is 0. The Bertz CT molecular complexity index is 1110. The van der Waals surface area contributed by atoms with E-state index in [2.05, 4.69) is 29.6 Å². The third-order valence-corrected chi connectivity index (χ3v) is 5.85. The van der Waals surface area contributed by atoms with E-state index in [4.69, 9.17) is 9.84 Å². The van der Waals surface area contributed by atoms with Crippen LogP contribution in [0.1, 0.15) is 41.0 Å². The van der Waals surface area contributed by atoms with Crippen molar-refractivity contribution in [1.29, 1.82) is 0 Å². The quantitative estimate of drug-likeness (QED) is 0.450. The Hall–Kier alpha value is -3.86. The van der Waals surface area contributed by atoms with Gasteiger partial charge in [-0.05, 0) is 46.2 Å². The number of fused-ring (bicyclic) bond motifs is 3. The number of ether oxygens (including phenoxy) is 1. The predicted molar refractivity (Wildman–Crippen MR) is 129 cm³/mol. The standard InChI is InChI=1S/C28H27NO4/c30-27(31)13-5-7-20-14-16-21(17-15-20)8-6-18-29-28(32)33-19-26-24-11-3-1-9-22(24)23-10-2-4-12-25(23)26/h1-4,6,8-12,14-17,26H,5,7,13,18-19H2,(H,29,32)(H,30,31). The van der Waals surface area contributed by atoms with Crippen LogP contribution in [0.15, 0.2) is 78.9 Å². The summed E-state index contributed by atoms with van der Waals surface area (Å²) in [5.74, 6) is -0.717. The summed E-state index contributed by atoms with van der Waals surface area (Å²) in [6.45, 7) is 0.671. The van der Waals surface area contributed by atoms with E-state index in [-0.39, 0.29) is 12.3 Å². The fraction of sp³-hybridized carbons (Fsp3) is 0.214. The van der Waals surface area contributed by atoms with Crippen molar-refractivity contribution in [2.24, 2.45) is 0 Å². The molecule has 3 aromatic rings. The molecule has 3 aromatic carbocycles. The molecular formula is C28H27NO4. The van der Waals surface area contributed by atoms with Crippen molar-refractivity contribution in [2.45, 2.75) is 25.2 Å². The summed E-state index contributed by atoms with van der Waals surface area (Å²) in [6, 6.07) is 24.5. The van der Waals surface area contributed by atoms with Crippen LogP contribution in [0.3, 0.4) is 0 Å². The average molecular weight is 442 g/mol. The van der Waals surface area contributed by atoms with E-state index in [1.54, 1.807) is 0 Å². The summed E-state index contributed by atoms with van der Waals surface area (Å²) in [6.07, 6.45) is 4.94. The van der Waals surface area contributed by atoms with E-state index >= 15 is 0 Å². The lowest BCUT2D eigenvalue weighted by Gasteiger charge is -2.14. The van der Waals surface area contributed by atoms with Gasteiger partial charge >= 0.3 is 12.1 Å². The first-order valence-corrected chi connectivity index (χ1v) is 11.2. The molecular weight excluding hydrogens is 414 g/mol.